The highest BCUT2D eigenvalue weighted by Gasteiger charge is 2.28. The minimum atomic E-state index is -0.510. The molecule has 1 aliphatic heterocycles. The average molecular weight is 326 g/mol. The van der Waals surface area contributed by atoms with E-state index in [1.54, 1.807) is 17.2 Å². The lowest BCUT2D eigenvalue weighted by molar-refractivity contribution is 0.0718. The molecule has 3 aromatic rings. The first-order chi connectivity index (χ1) is 11.5. The van der Waals surface area contributed by atoms with Gasteiger partial charge in [0.1, 0.15) is 11.4 Å². The van der Waals surface area contributed by atoms with Crippen molar-refractivity contribution in [3.05, 3.63) is 63.5 Å². The van der Waals surface area contributed by atoms with Crippen LogP contribution in [0.15, 0.2) is 35.3 Å². The molecule has 0 fully saturated rings. The van der Waals surface area contributed by atoms with E-state index in [1.165, 1.54) is 18.2 Å². The Bertz CT molecular complexity index is 1010. The number of aromatic amines is 2. The fourth-order valence-corrected chi connectivity index (χ4v) is 3.22. The van der Waals surface area contributed by atoms with Crippen molar-refractivity contribution in [1.82, 2.24) is 20.1 Å². The summed E-state index contributed by atoms with van der Waals surface area (Å²) in [5.74, 6) is -0.649. The van der Waals surface area contributed by atoms with Gasteiger partial charge < -0.3 is 9.88 Å². The van der Waals surface area contributed by atoms with Crippen molar-refractivity contribution in [2.24, 2.45) is 0 Å². The van der Waals surface area contributed by atoms with Crippen LogP contribution in [0.2, 0.25) is 0 Å². The monoisotopic (exact) mass is 326 g/mol. The van der Waals surface area contributed by atoms with Gasteiger partial charge in [0.25, 0.3) is 11.5 Å². The molecule has 1 amide bonds. The zero-order valence-electron chi connectivity index (χ0n) is 13.0. The van der Waals surface area contributed by atoms with E-state index in [0.29, 0.717) is 24.0 Å². The second-order valence-corrected chi connectivity index (χ2v) is 6.14. The molecule has 1 unspecified atom stereocenters. The molecule has 1 atom stereocenters. The number of nitrogens with one attached hydrogen (secondary N) is 2. The molecule has 1 aliphatic rings. The third-order valence-electron chi connectivity index (χ3n) is 4.43. The third kappa shape index (κ3) is 2.29. The van der Waals surface area contributed by atoms with Crippen molar-refractivity contribution in [3.63, 3.8) is 0 Å². The van der Waals surface area contributed by atoms with Crippen LogP contribution in [-0.2, 0) is 6.54 Å². The molecular formula is C17H15FN4O2. The predicted octanol–water partition coefficient (Wildman–Crippen LogP) is 2.15. The molecule has 3 heterocycles. The van der Waals surface area contributed by atoms with E-state index in [2.05, 4.69) is 15.2 Å². The van der Waals surface area contributed by atoms with E-state index in [9.17, 15) is 14.0 Å². The number of amides is 1. The summed E-state index contributed by atoms with van der Waals surface area (Å²) in [7, 11) is 0. The Morgan fingerprint density at radius 2 is 2.21 bits per heavy atom. The number of aromatic nitrogens is 3. The highest BCUT2D eigenvalue weighted by molar-refractivity contribution is 5.97. The largest absolute Gasteiger partial charge is 0.333 e. The van der Waals surface area contributed by atoms with Gasteiger partial charge in [0.15, 0.2) is 0 Å². The van der Waals surface area contributed by atoms with E-state index >= 15 is 0 Å². The number of halogens is 1. The molecule has 0 saturated heterocycles. The molecule has 122 valence electrons. The number of benzene rings is 1. The molecule has 4 rings (SSSR count). The molecule has 0 bridgehead atoms. The zero-order chi connectivity index (χ0) is 16.8. The maximum Gasteiger partial charge on any atom is 0.261 e. The standard InChI is InChI=1S/C17H15FN4O2/c1-9-7-22(8-11-6-19-21-15(9)11)17(24)13-4-10-2-3-12(18)5-14(10)20-16(13)23/h2-6,9H,7-8H2,1H3,(H,19,21)(H,20,23). The fourth-order valence-electron chi connectivity index (χ4n) is 3.22. The van der Waals surface area contributed by atoms with Crippen LogP contribution >= 0.6 is 0 Å². The maximum atomic E-state index is 13.3. The van der Waals surface area contributed by atoms with Gasteiger partial charge in [-0.05, 0) is 29.7 Å². The molecule has 1 aromatic carbocycles. The van der Waals surface area contributed by atoms with Gasteiger partial charge in [-0.3, -0.25) is 14.7 Å². The molecule has 7 heteroatoms. The van der Waals surface area contributed by atoms with Gasteiger partial charge in [0.2, 0.25) is 0 Å². The number of pyridine rings is 1. The Morgan fingerprint density at radius 3 is 3.04 bits per heavy atom. The molecule has 2 N–H and O–H groups in total. The van der Waals surface area contributed by atoms with Crippen LogP contribution < -0.4 is 5.56 Å². The van der Waals surface area contributed by atoms with Crippen molar-refractivity contribution in [2.75, 3.05) is 6.54 Å². The summed E-state index contributed by atoms with van der Waals surface area (Å²) in [5.41, 5.74) is 1.92. The molecule has 0 saturated carbocycles. The van der Waals surface area contributed by atoms with Crippen LogP contribution in [0.25, 0.3) is 10.9 Å². The van der Waals surface area contributed by atoms with E-state index in [1.807, 2.05) is 6.92 Å². The quantitative estimate of drug-likeness (QED) is 0.719. The summed E-state index contributed by atoms with van der Waals surface area (Å²) < 4.78 is 13.3. The summed E-state index contributed by atoms with van der Waals surface area (Å²) in [4.78, 5) is 29.3. The second-order valence-electron chi connectivity index (χ2n) is 6.14. The Kier molecular flexibility index (Phi) is 3.23. The number of rotatable bonds is 1. The molecule has 6 nitrogen and oxygen atoms in total. The number of hydrogen-bond donors (Lipinski definition) is 2. The zero-order valence-corrected chi connectivity index (χ0v) is 13.0. The molecule has 24 heavy (non-hydrogen) atoms. The molecule has 2 aromatic heterocycles. The van der Waals surface area contributed by atoms with E-state index in [0.717, 1.165) is 11.3 Å². The summed E-state index contributed by atoms with van der Waals surface area (Å²) in [6, 6.07) is 5.61. The lowest BCUT2D eigenvalue weighted by atomic mass is 9.98. The van der Waals surface area contributed by atoms with Gasteiger partial charge in [-0.2, -0.15) is 5.10 Å². The van der Waals surface area contributed by atoms with Gasteiger partial charge in [-0.25, -0.2) is 4.39 Å². The molecular weight excluding hydrogens is 311 g/mol. The first-order valence-electron chi connectivity index (χ1n) is 7.67. The van der Waals surface area contributed by atoms with Crippen LogP contribution in [0.5, 0.6) is 0 Å². The lowest BCUT2D eigenvalue weighted by Crippen LogP contribution is -2.39. The van der Waals surface area contributed by atoms with Gasteiger partial charge in [-0.1, -0.05) is 6.92 Å². The van der Waals surface area contributed by atoms with Gasteiger partial charge >= 0.3 is 0 Å². The normalized spacial score (nSPS) is 17.1. The predicted molar refractivity (Wildman–Crippen MR) is 86.3 cm³/mol. The lowest BCUT2D eigenvalue weighted by Gasteiger charge is -2.30. The van der Waals surface area contributed by atoms with Crippen LogP contribution in [0, 0.1) is 5.82 Å². The Labute approximate surface area is 136 Å². The number of H-pyrrole nitrogens is 2. The third-order valence-corrected chi connectivity index (χ3v) is 4.43. The number of nitrogens with zero attached hydrogens (tertiary/aromatic N) is 2. The Hall–Kier alpha value is -2.96. The summed E-state index contributed by atoms with van der Waals surface area (Å²) in [5, 5.41) is 7.60. The Morgan fingerprint density at radius 1 is 1.38 bits per heavy atom. The summed E-state index contributed by atoms with van der Waals surface area (Å²) >= 11 is 0. The number of carbonyl (C=O) groups is 1. The minimum Gasteiger partial charge on any atom is -0.333 e. The van der Waals surface area contributed by atoms with E-state index in [-0.39, 0.29) is 17.4 Å². The fraction of sp³-hybridized carbons (Fsp3) is 0.235. The van der Waals surface area contributed by atoms with Gasteiger partial charge in [0, 0.05) is 30.3 Å². The highest BCUT2D eigenvalue weighted by atomic mass is 19.1. The van der Waals surface area contributed by atoms with E-state index in [4.69, 9.17) is 0 Å². The topological polar surface area (TPSA) is 81.8 Å². The van der Waals surface area contributed by atoms with Crippen molar-refractivity contribution < 1.29 is 9.18 Å². The van der Waals surface area contributed by atoms with Gasteiger partial charge in [0.05, 0.1) is 11.7 Å². The number of fused-ring (bicyclic) bond motifs is 2. The molecule has 0 radical (unpaired) electrons. The summed E-state index contributed by atoms with van der Waals surface area (Å²) in [6.07, 6.45) is 1.71. The Balaban J connectivity index is 1.73. The van der Waals surface area contributed by atoms with E-state index < -0.39 is 11.4 Å². The number of carbonyl (C=O) groups excluding carboxylic acids is 1. The minimum absolute atomic E-state index is 0.0632. The van der Waals surface area contributed by atoms with Gasteiger partial charge in [-0.15, -0.1) is 0 Å². The first kappa shape index (κ1) is 14.6. The molecule has 0 aliphatic carbocycles. The summed E-state index contributed by atoms with van der Waals surface area (Å²) in [6.45, 7) is 2.93. The average Bonchev–Trinajstić information content (AvgIpc) is 3.02. The number of hydrogen-bond acceptors (Lipinski definition) is 3. The van der Waals surface area contributed by atoms with Crippen LogP contribution in [0.4, 0.5) is 4.39 Å². The van der Waals surface area contributed by atoms with Crippen LogP contribution in [-0.4, -0.2) is 32.5 Å². The van der Waals surface area contributed by atoms with Crippen molar-refractivity contribution >= 4 is 16.8 Å². The van der Waals surface area contributed by atoms with Crippen molar-refractivity contribution in [2.45, 2.75) is 19.4 Å². The highest BCUT2D eigenvalue weighted by Crippen LogP contribution is 2.26. The van der Waals surface area contributed by atoms with Crippen LogP contribution in [0.3, 0.4) is 0 Å². The first-order valence-corrected chi connectivity index (χ1v) is 7.67. The van der Waals surface area contributed by atoms with Crippen molar-refractivity contribution in [1.29, 1.82) is 0 Å². The maximum absolute atomic E-state index is 13.3. The SMILES string of the molecule is CC1CN(C(=O)c2cc3ccc(F)cc3[nH]c2=O)Cc2cn[nH]c21. The van der Waals surface area contributed by atoms with Crippen LogP contribution in [0.1, 0.15) is 34.5 Å². The second kappa shape index (κ2) is 5.30. The molecule has 0 spiro atoms. The smallest absolute Gasteiger partial charge is 0.261 e. The van der Waals surface area contributed by atoms with Crippen molar-refractivity contribution in [3.8, 4) is 0 Å².